The van der Waals surface area contributed by atoms with Crippen molar-refractivity contribution in [3.8, 4) is 5.75 Å². The number of rotatable bonds is 8. The molecule has 0 spiro atoms. The lowest BCUT2D eigenvalue weighted by molar-refractivity contribution is -0.137. The van der Waals surface area contributed by atoms with Crippen LogP contribution in [0, 0.1) is 0 Å². The van der Waals surface area contributed by atoms with E-state index in [4.69, 9.17) is 4.74 Å². The van der Waals surface area contributed by atoms with Crippen molar-refractivity contribution in [2.45, 2.75) is 18.1 Å². The summed E-state index contributed by atoms with van der Waals surface area (Å²) in [5.74, 6) is -0.163. The number of nitrogens with one attached hydrogen (secondary N) is 2. The third kappa shape index (κ3) is 6.54. The number of amides is 1. The average Bonchev–Trinajstić information content (AvgIpc) is 2.93. The van der Waals surface area contributed by atoms with Crippen molar-refractivity contribution in [1.29, 1.82) is 0 Å². The normalized spacial score (nSPS) is 14.3. The summed E-state index contributed by atoms with van der Waals surface area (Å²) in [4.78, 5) is 25.0. The molecule has 12 heteroatoms. The molecule has 38 heavy (non-hydrogen) atoms. The van der Waals surface area contributed by atoms with Crippen LogP contribution in [-0.2, 0) is 18.1 Å². The van der Waals surface area contributed by atoms with E-state index in [-0.39, 0.29) is 17.7 Å². The first-order chi connectivity index (χ1) is 18.2. The number of methoxy groups -OCH3 is 1. The third-order valence-corrected chi connectivity index (χ3v) is 6.92. The number of nitrogens with zero attached hydrogens (tertiary/aromatic N) is 4. The van der Waals surface area contributed by atoms with Crippen molar-refractivity contribution < 1.29 is 22.7 Å². The van der Waals surface area contributed by atoms with Gasteiger partial charge in [-0.15, -0.1) is 0 Å². The Bertz CT molecular complexity index is 1260. The molecule has 1 aromatic heterocycles. The highest BCUT2D eigenvalue weighted by molar-refractivity contribution is 9.08. The van der Waals surface area contributed by atoms with E-state index in [1.807, 2.05) is 4.90 Å². The second kappa shape index (κ2) is 12.0. The molecule has 2 N–H and O–H groups in total. The second-order valence-corrected chi connectivity index (χ2v) is 9.32. The summed E-state index contributed by atoms with van der Waals surface area (Å²) in [6.45, 7) is 3.57. The number of carbonyl (C=O) groups is 1. The van der Waals surface area contributed by atoms with Crippen LogP contribution in [0.2, 0.25) is 0 Å². The van der Waals surface area contributed by atoms with Gasteiger partial charge in [0.25, 0.3) is 5.91 Å². The van der Waals surface area contributed by atoms with Gasteiger partial charge in [0.2, 0.25) is 5.95 Å². The number of benzene rings is 2. The van der Waals surface area contributed by atoms with E-state index in [2.05, 4.69) is 65.7 Å². The minimum absolute atomic E-state index is 0.0438. The van der Waals surface area contributed by atoms with E-state index >= 15 is 0 Å². The first kappa shape index (κ1) is 27.6. The van der Waals surface area contributed by atoms with Gasteiger partial charge in [-0.2, -0.15) is 18.2 Å². The Balaban J connectivity index is 1.40. The molecular weight excluding hydrogens is 565 g/mol. The van der Waals surface area contributed by atoms with E-state index in [0.717, 1.165) is 25.0 Å². The van der Waals surface area contributed by atoms with Gasteiger partial charge in [-0.05, 0) is 29.3 Å². The van der Waals surface area contributed by atoms with Crippen molar-refractivity contribution in [2.24, 2.45) is 0 Å². The Kier molecular flexibility index (Phi) is 8.72. The molecule has 0 bridgehead atoms. The maximum atomic E-state index is 13.2. The summed E-state index contributed by atoms with van der Waals surface area (Å²) in [5, 5.41) is 6.14. The molecule has 2 heterocycles. The second-order valence-electron chi connectivity index (χ2n) is 8.76. The molecule has 3 aromatic rings. The molecule has 0 aliphatic carbocycles. The maximum Gasteiger partial charge on any atom is 0.421 e. The standard InChI is InChI=1S/C26H28BrF3N6O2/c1-31-23-20(26(28,29)30)15-32-25(34-23)33-21-8-7-19(13-22(21)38-2)24(37)36-11-9-35(10-12-36)16-18-5-3-17(14-27)4-6-18/h3-8,13,15H,9-12,14,16H2,1-2H3,(H2,31,32,33,34). The summed E-state index contributed by atoms with van der Waals surface area (Å²) >= 11 is 3.46. The Morgan fingerprint density at radius 3 is 2.37 bits per heavy atom. The zero-order valence-corrected chi connectivity index (χ0v) is 22.6. The van der Waals surface area contributed by atoms with Gasteiger partial charge in [-0.3, -0.25) is 9.69 Å². The molecule has 1 saturated heterocycles. The van der Waals surface area contributed by atoms with Gasteiger partial charge in [-0.25, -0.2) is 4.98 Å². The molecular formula is C26H28BrF3N6O2. The minimum Gasteiger partial charge on any atom is -0.495 e. The summed E-state index contributed by atoms with van der Waals surface area (Å²) in [6.07, 6.45) is -3.87. The lowest BCUT2D eigenvalue weighted by Gasteiger charge is -2.35. The first-order valence-electron chi connectivity index (χ1n) is 11.9. The third-order valence-electron chi connectivity index (χ3n) is 6.27. The topological polar surface area (TPSA) is 82.6 Å². The Morgan fingerprint density at radius 2 is 1.76 bits per heavy atom. The SMILES string of the molecule is CNc1nc(Nc2ccc(C(=O)N3CCN(Cc4ccc(CBr)cc4)CC3)cc2OC)ncc1C(F)(F)F. The van der Waals surface area contributed by atoms with Crippen LogP contribution in [-0.4, -0.2) is 66.0 Å². The number of anilines is 3. The zero-order chi connectivity index (χ0) is 27.3. The quantitative estimate of drug-likeness (QED) is 0.350. The number of ether oxygens (including phenoxy) is 1. The first-order valence-corrected chi connectivity index (χ1v) is 13.1. The van der Waals surface area contributed by atoms with E-state index in [1.54, 1.807) is 18.2 Å². The molecule has 0 unspecified atom stereocenters. The maximum absolute atomic E-state index is 13.2. The number of hydrogen-bond acceptors (Lipinski definition) is 7. The Labute approximate surface area is 227 Å². The van der Waals surface area contributed by atoms with Crippen molar-refractivity contribution >= 4 is 39.3 Å². The van der Waals surface area contributed by atoms with Crippen LogP contribution in [0.3, 0.4) is 0 Å². The predicted octanol–water partition coefficient (Wildman–Crippen LogP) is 5.14. The summed E-state index contributed by atoms with van der Waals surface area (Å²) in [7, 11) is 2.80. The smallest absolute Gasteiger partial charge is 0.421 e. The molecule has 0 atom stereocenters. The number of piperazine rings is 1. The summed E-state index contributed by atoms with van der Waals surface area (Å²) in [5.41, 5.74) is 2.37. The average molecular weight is 593 g/mol. The van der Waals surface area contributed by atoms with Crippen LogP contribution in [0.5, 0.6) is 5.75 Å². The van der Waals surface area contributed by atoms with Gasteiger partial charge in [0.1, 0.15) is 17.1 Å². The predicted molar refractivity (Wildman–Crippen MR) is 143 cm³/mol. The van der Waals surface area contributed by atoms with Crippen LogP contribution in [0.15, 0.2) is 48.7 Å². The van der Waals surface area contributed by atoms with Crippen molar-refractivity contribution in [2.75, 3.05) is 51.0 Å². The largest absolute Gasteiger partial charge is 0.495 e. The van der Waals surface area contributed by atoms with Crippen LogP contribution in [0.4, 0.5) is 30.6 Å². The minimum atomic E-state index is -4.58. The van der Waals surface area contributed by atoms with Gasteiger partial charge < -0.3 is 20.3 Å². The Morgan fingerprint density at radius 1 is 1.08 bits per heavy atom. The lowest BCUT2D eigenvalue weighted by Crippen LogP contribution is -2.48. The van der Waals surface area contributed by atoms with E-state index < -0.39 is 11.7 Å². The van der Waals surface area contributed by atoms with Gasteiger partial charge in [0.05, 0.1) is 12.8 Å². The lowest BCUT2D eigenvalue weighted by atomic mass is 10.1. The molecule has 1 amide bonds. The highest BCUT2D eigenvalue weighted by atomic mass is 79.9. The van der Waals surface area contributed by atoms with Gasteiger partial charge >= 0.3 is 6.18 Å². The van der Waals surface area contributed by atoms with Crippen LogP contribution in [0.1, 0.15) is 27.0 Å². The fraction of sp³-hybridized carbons (Fsp3) is 0.346. The van der Waals surface area contributed by atoms with Crippen LogP contribution >= 0.6 is 15.9 Å². The molecule has 1 aliphatic heterocycles. The molecule has 202 valence electrons. The van der Waals surface area contributed by atoms with E-state index in [0.29, 0.717) is 36.3 Å². The number of aromatic nitrogens is 2. The fourth-order valence-electron chi connectivity index (χ4n) is 4.17. The van der Waals surface area contributed by atoms with Crippen molar-refractivity contribution in [1.82, 2.24) is 19.8 Å². The summed E-state index contributed by atoms with van der Waals surface area (Å²) in [6, 6.07) is 13.4. The molecule has 2 aromatic carbocycles. The molecule has 0 saturated carbocycles. The number of alkyl halides is 4. The molecule has 4 rings (SSSR count). The number of halogens is 4. The highest BCUT2D eigenvalue weighted by Gasteiger charge is 2.35. The van der Waals surface area contributed by atoms with Gasteiger partial charge in [0.15, 0.2) is 0 Å². The monoisotopic (exact) mass is 592 g/mol. The number of carbonyl (C=O) groups excluding carboxylic acids is 1. The molecule has 8 nitrogen and oxygen atoms in total. The molecule has 0 radical (unpaired) electrons. The Hall–Kier alpha value is -3.38. The van der Waals surface area contributed by atoms with E-state index in [1.165, 1.54) is 25.3 Å². The van der Waals surface area contributed by atoms with Crippen LogP contribution < -0.4 is 15.4 Å². The van der Waals surface area contributed by atoms with E-state index in [9.17, 15) is 18.0 Å². The molecule has 1 aliphatic rings. The van der Waals surface area contributed by atoms with Crippen LogP contribution in [0.25, 0.3) is 0 Å². The fourth-order valence-corrected chi connectivity index (χ4v) is 4.55. The highest BCUT2D eigenvalue weighted by Crippen LogP contribution is 2.34. The van der Waals surface area contributed by atoms with Crippen molar-refractivity contribution in [3.63, 3.8) is 0 Å². The summed E-state index contributed by atoms with van der Waals surface area (Å²) < 4.78 is 44.8. The number of hydrogen-bond donors (Lipinski definition) is 2. The van der Waals surface area contributed by atoms with Gasteiger partial charge in [0, 0.05) is 56.9 Å². The molecule has 1 fully saturated rings. The van der Waals surface area contributed by atoms with Gasteiger partial charge in [-0.1, -0.05) is 40.2 Å². The van der Waals surface area contributed by atoms with Crippen molar-refractivity contribution in [3.05, 3.63) is 70.9 Å². The zero-order valence-electron chi connectivity index (χ0n) is 21.0.